The number of hydrogen-bond acceptors (Lipinski definition) is 10. The molecule has 2 aliphatic heterocycles. The first-order chi connectivity index (χ1) is 16.2. The van der Waals surface area contributed by atoms with E-state index in [2.05, 4.69) is 4.98 Å². The Bertz CT molecular complexity index is 1370. The van der Waals surface area contributed by atoms with Crippen molar-refractivity contribution in [3.8, 4) is 5.75 Å². The van der Waals surface area contributed by atoms with Gasteiger partial charge in [-0.15, -0.1) is 0 Å². The minimum atomic E-state index is -4.41. The number of phosphoric ester groups is 1. The Kier molecular flexibility index (Phi) is 6.33. The van der Waals surface area contributed by atoms with Crippen LogP contribution in [0.2, 0.25) is 0 Å². The number of aromatic nitrogens is 2. The predicted octanol–water partition coefficient (Wildman–Crippen LogP) is -1.66. The van der Waals surface area contributed by atoms with E-state index in [1.165, 1.54) is 7.85 Å². The first-order valence-electron chi connectivity index (χ1n) is 10.5. The molecular weight excluding hydrogens is 503 g/mol. The molecule has 11 nitrogen and oxygen atoms in total. The summed E-state index contributed by atoms with van der Waals surface area (Å²) < 4.78 is 52.2. The molecule has 1 fully saturated rings. The van der Waals surface area contributed by atoms with Crippen LogP contribution < -0.4 is 10.1 Å². The molecule has 0 aliphatic carbocycles. The maximum atomic E-state index is 16.4. The van der Waals surface area contributed by atoms with E-state index in [0.29, 0.717) is 11.1 Å². The van der Waals surface area contributed by atoms with Crippen LogP contribution in [-0.2, 0) is 30.6 Å². The van der Waals surface area contributed by atoms with Gasteiger partial charge in [-0.2, -0.15) is 0 Å². The van der Waals surface area contributed by atoms with E-state index in [0.717, 1.165) is 26.5 Å². The number of aldehydes is 1. The highest BCUT2D eigenvalue weighted by Crippen LogP contribution is 2.59. The number of aliphatic hydroxyl groups excluding tert-OH is 2. The summed E-state index contributed by atoms with van der Waals surface area (Å²) in [6.07, 6.45) is -3.01. The summed E-state index contributed by atoms with van der Waals surface area (Å²) in [5.41, 5.74) is -2.01. The number of ether oxygens (including phenoxy) is 1. The van der Waals surface area contributed by atoms with Gasteiger partial charge < -0.3 is 24.0 Å². The van der Waals surface area contributed by atoms with Crippen molar-refractivity contribution < 1.29 is 42.3 Å². The van der Waals surface area contributed by atoms with Gasteiger partial charge in [-0.1, -0.05) is 18.2 Å². The van der Waals surface area contributed by atoms with Crippen molar-refractivity contribution in [3.63, 3.8) is 0 Å². The van der Waals surface area contributed by atoms with Crippen LogP contribution in [0.3, 0.4) is 0 Å². The van der Waals surface area contributed by atoms with Crippen LogP contribution in [0, 0.1) is 11.7 Å². The number of para-hydroxylation sites is 1. The lowest BCUT2D eigenvalue weighted by atomic mass is 9.59. The minimum Gasteiger partial charge on any atom is -0.403 e. The van der Waals surface area contributed by atoms with Crippen molar-refractivity contribution in [1.82, 2.24) is 9.55 Å². The SMILES string of the molecule is BC(B)(OP1(=O)OCc2cccc(C)c2O1)[C@@]1(F)O[C@@](B)(n2cc(C=O)c(=O)[nH]c2=S)[C@H](O)[C@@H]1O. The molecule has 0 saturated carbocycles. The van der Waals surface area contributed by atoms with Crippen LogP contribution in [0.15, 0.2) is 29.2 Å². The zero-order valence-corrected chi connectivity index (χ0v) is 20.9. The number of aliphatic hydroxyl groups is 2. The molecular formula is C18H21B3FN2O9PS. The zero-order chi connectivity index (χ0) is 26.0. The van der Waals surface area contributed by atoms with Gasteiger partial charge in [-0.05, 0) is 24.7 Å². The molecule has 0 radical (unpaired) electrons. The van der Waals surface area contributed by atoms with Crippen molar-refractivity contribution in [2.24, 2.45) is 0 Å². The lowest BCUT2D eigenvalue weighted by molar-refractivity contribution is -0.240. The fourth-order valence-electron chi connectivity index (χ4n) is 4.12. The van der Waals surface area contributed by atoms with Crippen LogP contribution in [0.4, 0.5) is 4.39 Å². The van der Waals surface area contributed by atoms with Crippen molar-refractivity contribution in [1.29, 1.82) is 0 Å². The zero-order valence-electron chi connectivity index (χ0n) is 19.2. The van der Waals surface area contributed by atoms with Crippen molar-refractivity contribution in [3.05, 3.63) is 56.2 Å². The summed E-state index contributed by atoms with van der Waals surface area (Å²) in [6.45, 7) is 1.59. The number of halogens is 1. The van der Waals surface area contributed by atoms with E-state index in [-0.39, 0.29) is 29.0 Å². The van der Waals surface area contributed by atoms with E-state index < -0.39 is 42.5 Å². The normalized spacial score (nSPS) is 32.6. The van der Waals surface area contributed by atoms with E-state index in [1.54, 1.807) is 25.1 Å². The van der Waals surface area contributed by atoms with Crippen LogP contribution >= 0.6 is 20.0 Å². The molecule has 3 heterocycles. The number of benzene rings is 1. The molecule has 184 valence electrons. The van der Waals surface area contributed by atoms with E-state index >= 15 is 4.39 Å². The molecule has 17 heteroatoms. The number of nitrogens with zero attached hydrogens (tertiary/aromatic N) is 1. The monoisotopic (exact) mass is 524 g/mol. The maximum absolute atomic E-state index is 16.4. The highest BCUT2D eigenvalue weighted by Gasteiger charge is 2.69. The first kappa shape index (κ1) is 26.0. The number of H-pyrrole nitrogens is 1. The van der Waals surface area contributed by atoms with Gasteiger partial charge in [0.2, 0.25) is 0 Å². The first-order valence-corrected chi connectivity index (χ1v) is 12.3. The molecule has 35 heavy (non-hydrogen) atoms. The fourth-order valence-corrected chi connectivity index (χ4v) is 6.05. The number of carbonyl (C=O) groups is 1. The number of alkyl halides is 1. The minimum absolute atomic E-state index is 0.131. The standard InChI is InChI=1S/C18H21B3FN2O9PS/c1-8-3-2-4-9-7-30-34(29,31-11(8)9)33-18(20,21)16(22)12(26)13(27)17(19,32-16)24-5-10(6-25)14(28)23-15(24)35/h2-6,12-13,26-27H,7,19-21H2,1H3,(H,23,28,35)/t12-,13+,16-,17-,34?/m0/s1. The second kappa shape index (κ2) is 8.51. The number of aryl methyl sites for hydroxylation is 1. The number of fused-ring (bicyclic) bond motifs is 1. The summed E-state index contributed by atoms with van der Waals surface area (Å²) >= 11 is 5.09. The number of nitrogens with one attached hydrogen (secondary N) is 1. The van der Waals surface area contributed by atoms with Crippen molar-refractivity contribution in [2.75, 3.05) is 0 Å². The topological polar surface area (TPSA) is 149 Å². The summed E-state index contributed by atoms with van der Waals surface area (Å²) in [4.78, 5) is 25.3. The lowest BCUT2D eigenvalue weighted by Crippen LogP contribution is -2.60. The van der Waals surface area contributed by atoms with Gasteiger partial charge in [0.15, 0.2) is 18.9 Å². The Morgan fingerprint density at radius 2 is 2.09 bits per heavy atom. The van der Waals surface area contributed by atoms with E-state index in [9.17, 15) is 24.4 Å². The predicted molar refractivity (Wildman–Crippen MR) is 130 cm³/mol. The summed E-state index contributed by atoms with van der Waals surface area (Å²) in [5.74, 6) is -2.92. The maximum Gasteiger partial charge on any atom is 0.529 e. The third-order valence-corrected chi connectivity index (χ3v) is 8.02. The smallest absolute Gasteiger partial charge is 0.403 e. The number of rotatable bonds is 5. The molecule has 1 aromatic heterocycles. The number of aromatic amines is 1. The average Bonchev–Trinajstić information content (AvgIpc) is 2.95. The van der Waals surface area contributed by atoms with Gasteiger partial charge in [0.05, 0.1) is 17.6 Å². The highest BCUT2D eigenvalue weighted by atomic mass is 32.1. The number of hydrogen-bond donors (Lipinski definition) is 3. The number of carbonyl (C=O) groups excluding carboxylic acids is 1. The molecule has 1 saturated heterocycles. The molecule has 0 amide bonds. The lowest BCUT2D eigenvalue weighted by Gasteiger charge is -2.41. The van der Waals surface area contributed by atoms with Crippen LogP contribution in [0.25, 0.3) is 0 Å². The molecule has 1 aromatic carbocycles. The Hall–Kier alpha value is -2.06. The Labute approximate surface area is 206 Å². The Balaban J connectivity index is 1.70. The molecule has 1 unspecified atom stereocenters. The van der Waals surface area contributed by atoms with Crippen molar-refractivity contribution >= 4 is 49.9 Å². The molecule has 0 spiro atoms. The summed E-state index contributed by atoms with van der Waals surface area (Å²) in [7, 11) is -0.949. The van der Waals surface area contributed by atoms with Gasteiger partial charge >= 0.3 is 7.82 Å². The summed E-state index contributed by atoms with van der Waals surface area (Å²) in [6, 6.07) is 5.20. The second-order valence-corrected chi connectivity index (χ2v) is 10.9. The third kappa shape index (κ3) is 4.06. The number of phosphoric acid groups is 1. The van der Waals surface area contributed by atoms with Crippen LogP contribution in [0.1, 0.15) is 21.5 Å². The molecule has 3 N–H and O–H groups in total. The molecule has 5 atom stereocenters. The molecule has 0 bridgehead atoms. The second-order valence-electron chi connectivity index (χ2n) is 9.00. The van der Waals surface area contributed by atoms with Crippen LogP contribution in [-0.4, -0.2) is 73.1 Å². The van der Waals surface area contributed by atoms with Crippen LogP contribution in [0.5, 0.6) is 5.75 Å². The van der Waals surface area contributed by atoms with E-state index in [4.69, 9.17) is 30.5 Å². The van der Waals surface area contributed by atoms with E-state index in [1.807, 2.05) is 0 Å². The van der Waals surface area contributed by atoms with Crippen molar-refractivity contribution in [2.45, 2.75) is 42.6 Å². The Morgan fingerprint density at radius 1 is 1.40 bits per heavy atom. The third-order valence-electron chi connectivity index (χ3n) is 6.19. The Morgan fingerprint density at radius 3 is 2.74 bits per heavy atom. The van der Waals surface area contributed by atoms with Gasteiger partial charge in [0.1, 0.15) is 39.3 Å². The molecule has 2 aliphatic rings. The van der Waals surface area contributed by atoms with Gasteiger partial charge in [0.25, 0.3) is 11.4 Å². The fraction of sp³-hybridized carbons (Fsp3) is 0.389. The quantitative estimate of drug-likeness (QED) is 0.180. The van der Waals surface area contributed by atoms with Gasteiger partial charge in [-0.25, -0.2) is 8.96 Å². The summed E-state index contributed by atoms with van der Waals surface area (Å²) in [5, 5.41) is 19.3. The molecule has 2 aromatic rings. The largest absolute Gasteiger partial charge is 0.529 e. The van der Waals surface area contributed by atoms with Gasteiger partial charge in [-0.3, -0.25) is 23.6 Å². The highest BCUT2D eigenvalue weighted by molar-refractivity contribution is 7.71. The average molecular weight is 524 g/mol. The molecule has 4 rings (SSSR count). The van der Waals surface area contributed by atoms with Gasteiger partial charge in [0, 0.05) is 11.8 Å².